The number of guanidine groups is 1. The van der Waals surface area contributed by atoms with Gasteiger partial charge in [0.15, 0.2) is 5.96 Å². The summed E-state index contributed by atoms with van der Waals surface area (Å²) < 4.78 is 5.71. The molecule has 2 aliphatic rings. The number of benzene rings is 1. The molecule has 1 aromatic rings. The number of nitrogens with zero attached hydrogens (tertiary/aromatic N) is 1. The van der Waals surface area contributed by atoms with Gasteiger partial charge in [-0.25, -0.2) is 0 Å². The van der Waals surface area contributed by atoms with Crippen LogP contribution in [0.3, 0.4) is 0 Å². The van der Waals surface area contributed by atoms with Gasteiger partial charge in [0.2, 0.25) is 5.91 Å². The van der Waals surface area contributed by atoms with Crippen LogP contribution in [0, 0.1) is 5.92 Å². The zero-order valence-electron chi connectivity index (χ0n) is 17.0. The molecule has 28 heavy (non-hydrogen) atoms. The number of aliphatic imine (C=N–C) groups is 1. The van der Waals surface area contributed by atoms with Crippen LogP contribution in [0.5, 0.6) is 0 Å². The number of carbonyl (C=O) groups excluding carboxylic acids is 1. The quantitative estimate of drug-likeness (QED) is 0.346. The lowest BCUT2D eigenvalue weighted by Gasteiger charge is -2.30. The summed E-state index contributed by atoms with van der Waals surface area (Å²) in [7, 11) is 0. The molecule has 0 heterocycles. The van der Waals surface area contributed by atoms with Crippen LogP contribution in [-0.4, -0.2) is 43.6 Å². The van der Waals surface area contributed by atoms with E-state index in [1.54, 1.807) is 0 Å². The summed E-state index contributed by atoms with van der Waals surface area (Å²) in [5.41, 5.74) is 1.18. The fraction of sp³-hybridized carbons (Fsp3) is 0.636. The molecule has 3 rings (SSSR count). The number of carbonyl (C=O) groups is 1. The van der Waals surface area contributed by atoms with Crippen LogP contribution < -0.4 is 16.0 Å². The smallest absolute Gasteiger partial charge is 0.223 e. The largest absolute Gasteiger partial charge is 0.375 e. The van der Waals surface area contributed by atoms with Crippen LogP contribution in [0.2, 0.25) is 0 Å². The maximum atomic E-state index is 12.4. The molecule has 1 aromatic carbocycles. The number of hydrogen-bond acceptors (Lipinski definition) is 3. The average Bonchev–Trinajstić information content (AvgIpc) is 3.53. The molecule has 0 spiro atoms. The van der Waals surface area contributed by atoms with Crippen molar-refractivity contribution in [1.29, 1.82) is 0 Å². The Morgan fingerprint density at radius 3 is 2.68 bits per heavy atom. The first kappa shape index (κ1) is 20.6. The number of hydrogen-bond donors (Lipinski definition) is 3. The number of amides is 1. The van der Waals surface area contributed by atoms with E-state index in [0.29, 0.717) is 31.8 Å². The second-order valence-corrected chi connectivity index (χ2v) is 7.79. The zero-order chi connectivity index (χ0) is 19.6. The SMILES string of the molecule is CCNC(=NCCOCc1ccccc1)NC1CCCC(C(=O)NC2CC2)C1. The third-order valence-electron chi connectivity index (χ3n) is 5.27. The van der Waals surface area contributed by atoms with Gasteiger partial charge in [-0.2, -0.15) is 0 Å². The fourth-order valence-electron chi connectivity index (χ4n) is 3.61. The average molecular weight is 387 g/mol. The van der Waals surface area contributed by atoms with Crippen molar-refractivity contribution >= 4 is 11.9 Å². The Morgan fingerprint density at radius 2 is 1.93 bits per heavy atom. The van der Waals surface area contributed by atoms with E-state index in [2.05, 4.69) is 40.0 Å². The van der Waals surface area contributed by atoms with Crippen molar-refractivity contribution in [3.8, 4) is 0 Å². The lowest BCUT2D eigenvalue weighted by molar-refractivity contribution is -0.126. The van der Waals surface area contributed by atoms with Gasteiger partial charge in [0.1, 0.15) is 0 Å². The second kappa shape index (κ2) is 11.1. The van der Waals surface area contributed by atoms with Crippen molar-refractivity contribution in [3.05, 3.63) is 35.9 Å². The molecule has 0 radical (unpaired) electrons. The molecule has 2 aliphatic carbocycles. The molecule has 2 saturated carbocycles. The van der Waals surface area contributed by atoms with Crippen molar-refractivity contribution in [1.82, 2.24) is 16.0 Å². The van der Waals surface area contributed by atoms with Crippen LogP contribution >= 0.6 is 0 Å². The monoisotopic (exact) mass is 386 g/mol. The van der Waals surface area contributed by atoms with Gasteiger partial charge in [-0.15, -0.1) is 0 Å². The molecular formula is C22H34N4O2. The second-order valence-electron chi connectivity index (χ2n) is 7.79. The minimum absolute atomic E-state index is 0.129. The number of ether oxygens (including phenoxy) is 1. The van der Waals surface area contributed by atoms with E-state index >= 15 is 0 Å². The van der Waals surface area contributed by atoms with Gasteiger partial charge in [-0.1, -0.05) is 36.8 Å². The van der Waals surface area contributed by atoms with Crippen LogP contribution in [0.15, 0.2) is 35.3 Å². The molecule has 0 aliphatic heterocycles. The lowest BCUT2D eigenvalue weighted by atomic mass is 9.85. The predicted molar refractivity (Wildman–Crippen MR) is 112 cm³/mol. The molecule has 1 amide bonds. The highest BCUT2D eigenvalue weighted by atomic mass is 16.5. The Bertz CT molecular complexity index is 631. The van der Waals surface area contributed by atoms with Gasteiger partial charge in [0.05, 0.1) is 19.8 Å². The normalized spacial score (nSPS) is 22.5. The van der Waals surface area contributed by atoms with Crippen molar-refractivity contribution in [3.63, 3.8) is 0 Å². The van der Waals surface area contributed by atoms with Crippen molar-refractivity contribution in [2.75, 3.05) is 19.7 Å². The van der Waals surface area contributed by atoms with Crippen LogP contribution in [0.4, 0.5) is 0 Å². The summed E-state index contributed by atoms with van der Waals surface area (Å²) in [6, 6.07) is 10.9. The lowest BCUT2D eigenvalue weighted by Crippen LogP contribution is -2.47. The van der Waals surface area contributed by atoms with Crippen molar-refractivity contribution < 1.29 is 9.53 Å². The first-order valence-electron chi connectivity index (χ1n) is 10.7. The molecule has 6 heteroatoms. The molecule has 0 bridgehead atoms. The van der Waals surface area contributed by atoms with Crippen LogP contribution in [0.25, 0.3) is 0 Å². The van der Waals surface area contributed by atoms with Crippen molar-refractivity contribution in [2.24, 2.45) is 10.9 Å². The first-order valence-corrected chi connectivity index (χ1v) is 10.7. The van der Waals surface area contributed by atoms with Gasteiger partial charge in [0.25, 0.3) is 0 Å². The van der Waals surface area contributed by atoms with E-state index < -0.39 is 0 Å². The highest BCUT2D eigenvalue weighted by molar-refractivity contribution is 5.81. The maximum absolute atomic E-state index is 12.4. The highest BCUT2D eigenvalue weighted by Gasteiger charge is 2.31. The topological polar surface area (TPSA) is 74.8 Å². The number of nitrogens with one attached hydrogen (secondary N) is 3. The van der Waals surface area contributed by atoms with E-state index in [4.69, 9.17) is 4.74 Å². The summed E-state index contributed by atoms with van der Waals surface area (Å²) in [5, 5.41) is 9.99. The molecular weight excluding hydrogens is 352 g/mol. The van der Waals surface area contributed by atoms with Gasteiger partial charge in [0, 0.05) is 24.5 Å². The molecule has 0 saturated heterocycles. The Labute approximate surface area is 168 Å². The minimum atomic E-state index is 0.129. The summed E-state index contributed by atoms with van der Waals surface area (Å²) in [5.74, 6) is 1.19. The minimum Gasteiger partial charge on any atom is -0.375 e. The van der Waals surface area contributed by atoms with Crippen molar-refractivity contribution in [2.45, 2.75) is 64.1 Å². The molecule has 2 fully saturated rings. The van der Waals surface area contributed by atoms with Gasteiger partial charge in [-0.3, -0.25) is 9.79 Å². The molecule has 3 N–H and O–H groups in total. The van der Waals surface area contributed by atoms with E-state index in [1.807, 2.05) is 18.2 Å². The van der Waals surface area contributed by atoms with E-state index in [1.165, 1.54) is 5.56 Å². The summed E-state index contributed by atoms with van der Waals surface area (Å²) >= 11 is 0. The Kier molecular flexibility index (Phi) is 8.15. The molecule has 154 valence electrons. The highest BCUT2D eigenvalue weighted by Crippen LogP contribution is 2.26. The summed E-state index contributed by atoms with van der Waals surface area (Å²) in [6.45, 7) is 4.69. The molecule has 6 nitrogen and oxygen atoms in total. The Morgan fingerprint density at radius 1 is 1.11 bits per heavy atom. The number of rotatable bonds is 9. The third kappa shape index (κ3) is 7.15. The maximum Gasteiger partial charge on any atom is 0.223 e. The van der Waals surface area contributed by atoms with Gasteiger partial charge in [-0.05, 0) is 44.6 Å². The van der Waals surface area contributed by atoms with E-state index in [-0.39, 0.29) is 11.8 Å². The van der Waals surface area contributed by atoms with Crippen LogP contribution in [-0.2, 0) is 16.1 Å². The van der Waals surface area contributed by atoms with E-state index in [9.17, 15) is 4.79 Å². The zero-order valence-corrected chi connectivity index (χ0v) is 17.0. The predicted octanol–water partition coefficient (Wildman–Crippen LogP) is 2.60. The van der Waals surface area contributed by atoms with E-state index in [0.717, 1.165) is 51.0 Å². The van der Waals surface area contributed by atoms with Gasteiger partial charge < -0.3 is 20.7 Å². The van der Waals surface area contributed by atoms with Gasteiger partial charge >= 0.3 is 0 Å². The summed E-state index contributed by atoms with van der Waals surface area (Å²) in [6.07, 6.45) is 6.33. The third-order valence-corrected chi connectivity index (χ3v) is 5.27. The standard InChI is InChI=1S/C22H34N4O2/c1-2-23-22(24-13-14-28-16-17-7-4-3-5-8-17)26-20-10-6-9-18(15-20)21(27)25-19-11-12-19/h3-5,7-8,18-20H,2,6,9-16H2,1H3,(H,25,27)(H2,23,24,26). The molecule has 2 unspecified atom stereocenters. The van der Waals surface area contributed by atoms with Crippen LogP contribution in [0.1, 0.15) is 51.0 Å². The Hall–Kier alpha value is -2.08. The first-order chi connectivity index (χ1) is 13.7. The fourth-order valence-corrected chi connectivity index (χ4v) is 3.61. The molecule has 2 atom stereocenters. The summed E-state index contributed by atoms with van der Waals surface area (Å²) in [4.78, 5) is 17.0. The molecule has 0 aromatic heterocycles. The Balaban J connectivity index is 1.40.